The molecule has 0 aliphatic heterocycles. The highest BCUT2D eigenvalue weighted by Crippen LogP contribution is 2.14. The van der Waals surface area contributed by atoms with Crippen molar-refractivity contribution in [2.75, 3.05) is 12.8 Å². The molecule has 2 N–H and O–H groups in total. The summed E-state index contributed by atoms with van der Waals surface area (Å²) >= 11 is 0. The van der Waals surface area contributed by atoms with Crippen LogP contribution in [-0.4, -0.2) is 12.8 Å². The molecule has 0 saturated heterocycles. The van der Waals surface area contributed by atoms with Gasteiger partial charge in [0, 0.05) is 18.3 Å². The lowest BCUT2D eigenvalue weighted by Crippen LogP contribution is -2.01. The van der Waals surface area contributed by atoms with Crippen LogP contribution >= 0.6 is 0 Å². The molecule has 2 nitrogen and oxygen atoms in total. The Morgan fingerprint density at radius 3 is 2.71 bits per heavy atom. The average Bonchev–Trinajstić information content (AvgIpc) is 2.18. The summed E-state index contributed by atoms with van der Waals surface area (Å²) in [5.74, 6) is 0. The summed E-state index contributed by atoms with van der Waals surface area (Å²) in [5, 5.41) is 0. The predicted octanol–water partition coefficient (Wildman–Crippen LogP) is 2.57. The molecule has 0 radical (unpaired) electrons. The molecule has 0 bridgehead atoms. The second-order valence-corrected chi connectivity index (χ2v) is 3.18. The fourth-order valence-electron chi connectivity index (χ4n) is 1.36. The first-order chi connectivity index (χ1) is 6.69. The lowest BCUT2D eigenvalue weighted by molar-refractivity contribution is 1.39. The van der Waals surface area contributed by atoms with Gasteiger partial charge in [-0.1, -0.05) is 12.1 Å². The summed E-state index contributed by atoms with van der Waals surface area (Å²) in [4.78, 5) is 4.22. The number of nitrogens with zero attached hydrogens (tertiary/aromatic N) is 1. The minimum atomic E-state index is 0.774. The molecule has 1 aromatic rings. The third-order valence-corrected chi connectivity index (χ3v) is 2.10. The van der Waals surface area contributed by atoms with Crippen LogP contribution in [-0.2, 0) is 0 Å². The molecule has 0 fully saturated rings. The van der Waals surface area contributed by atoms with E-state index in [9.17, 15) is 0 Å². The van der Waals surface area contributed by atoms with E-state index in [2.05, 4.69) is 11.9 Å². The van der Waals surface area contributed by atoms with Gasteiger partial charge in [-0.2, -0.15) is 0 Å². The van der Waals surface area contributed by atoms with Gasteiger partial charge >= 0.3 is 0 Å². The maximum absolute atomic E-state index is 5.74. The first-order valence-corrected chi connectivity index (χ1v) is 4.65. The quantitative estimate of drug-likeness (QED) is 0.562. The van der Waals surface area contributed by atoms with Crippen LogP contribution in [0, 0.1) is 6.92 Å². The molecule has 14 heavy (non-hydrogen) atoms. The molecule has 0 heterocycles. The molecule has 1 aromatic carbocycles. The van der Waals surface area contributed by atoms with Gasteiger partial charge in [0.2, 0.25) is 0 Å². The zero-order valence-electron chi connectivity index (χ0n) is 8.91. The molecule has 0 aromatic heterocycles. The monoisotopic (exact) mass is 188 g/mol. The molecule has 0 atom stereocenters. The van der Waals surface area contributed by atoms with Crippen LogP contribution in [0.3, 0.4) is 0 Å². The first kappa shape index (κ1) is 10.5. The normalized spacial score (nSPS) is 12.4. The number of aryl methyl sites for hydroxylation is 1. The van der Waals surface area contributed by atoms with Gasteiger partial charge in [0.15, 0.2) is 0 Å². The fourth-order valence-corrected chi connectivity index (χ4v) is 1.36. The topological polar surface area (TPSA) is 38.4 Å². The molecule has 0 spiro atoms. The molecular formula is C12H16N2. The highest BCUT2D eigenvalue weighted by Gasteiger charge is 2.02. The Bertz CT molecular complexity index is 376. The number of anilines is 1. The van der Waals surface area contributed by atoms with Crippen LogP contribution in [0.25, 0.3) is 0 Å². The number of aliphatic imine (C=N–C) groups is 1. The number of allylic oxidation sites excluding steroid dienone is 2. The predicted molar refractivity (Wildman–Crippen MR) is 62.9 cm³/mol. The third-order valence-electron chi connectivity index (χ3n) is 2.10. The Morgan fingerprint density at radius 2 is 2.14 bits per heavy atom. The van der Waals surface area contributed by atoms with Crippen molar-refractivity contribution in [3.05, 3.63) is 41.5 Å². The van der Waals surface area contributed by atoms with Crippen molar-refractivity contribution >= 4 is 11.4 Å². The van der Waals surface area contributed by atoms with Crippen molar-refractivity contribution in [2.45, 2.75) is 13.8 Å². The number of benzene rings is 1. The van der Waals surface area contributed by atoms with E-state index >= 15 is 0 Å². The minimum Gasteiger partial charge on any atom is -0.399 e. The van der Waals surface area contributed by atoms with Crippen molar-refractivity contribution in [3.8, 4) is 0 Å². The molecule has 0 aliphatic carbocycles. The minimum absolute atomic E-state index is 0.774. The maximum atomic E-state index is 5.74. The van der Waals surface area contributed by atoms with E-state index < -0.39 is 0 Å². The summed E-state index contributed by atoms with van der Waals surface area (Å²) in [6, 6.07) is 5.87. The van der Waals surface area contributed by atoms with Gasteiger partial charge in [-0.15, -0.1) is 0 Å². The summed E-state index contributed by atoms with van der Waals surface area (Å²) in [6.07, 6.45) is 3.97. The second-order valence-electron chi connectivity index (χ2n) is 3.18. The smallest absolute Gasteiger partial charge is 0.0643 e. The number of nitrogens with two attached hydrogens (primary N) is 1. The zero-order chi connectivity index (χ0) is 10.6. The van der Waals surface area contributed by atoms with Gasteiger partial charge in [-0.3, -0.25) is 4.99 Å². The Labute approximate surface area is 85.2 Å². The third kappa shape index (κ3) is 2.22. The maximum Gasteiger partial charge on any atom is 0.0643 e. The van der Waals surface area contributed by atoms with Crippen molar-refractivity contribution in [1.29, 1.82) is 0 Å². The SMILES string of the molecule is C/C=C\C(=NC)c1cc(N)ccc1C. The molecule has 0 aliphatic rings. The van der Waals surface area contributed by atoms with E-state index in [1.807, 2.05) is 37.3 Å². The van der Waals surface area contributed by atoms with Crippen LogP contribution in [0.15, 0.2) is 35.3 Å². The van der Waals surface area contributed by atoms with E-state index in [-0.39, 0.29) is 0 Å². The molecule has 1 rings (SSSR count). The summed E-state index contributed by atoms with van der Waals surface area (Å²) in [6.45, 7) is 4.04. The van der Waals surface area contributed by atoms with Crippen molar-refractivity contribution in [3.63, 3.8) is 0 Å². The van der Waals surface area contributed by atoms with Gasteiger partial charge in [-0.25, -0.2) is 0 Å². The Morgan fingerprint density at radius 1 is 1.43 bits per heavy atom. The lowest BCUT2D eigenvalue weighted by Gasteiger charge is -2.06. The van der Waals surface area contributed by atoms with Crippen molar-refractivity contribution in [1.82, 2.24) is 0 Å². The molecular weight excluding hydrogens is 172 g/mol. The Hall–Kier alpha value is -1.57. The average molecular weight is 188 g/mol. The van der Waals surface area contributed by atoms with Crippen LogP contribution in [0.1, 0.15) is 18.1 Å². The van der Waals surface area contributed by atoms with E-state index in [0.717, 1.165) is 17.0 Å². The molecule has 2 heteroatoms. The standard InChI is InChI=1S/C12H16N2/c1-4-5-12(14-3)11-8-10(13)7-6-9(11)2/h4-8H,13H2,1-3H3/b5-4-,14-12?. The summed E-state index contributed by atoms with van der Waals surface area (Å²) in [5.41, 5.74) is 9.78. The van der Waals surface area contributed by atoms with Crippen LogP contribution in [0.2, 0.25) is 0 Å². The summed E-state index contributed by atoms with van der Waals surface area (Å²) < 4.78 is 0. The number of rotatable bonds is 2. The van der Waals surface area contributed by atoms with Crippen LogP contribution in [0.4, 0.5) is 5.69 Å². The summed E-state index contributed by atoms with van der Waals surface area (Å²) in [7, 11) is 1.79. The molecule has 74 valence electrons. The van der Waals surface area contributed by atoms with E-state index in [4.69, 9.17) is 5.73 Å². The van der Waals surface area contributed by atoms with E-state index in [0.29, 0.717) is 0 Å². The van der Waals surface area contributed by atoms with Crippen LogP contribution in [0.5, 0.6) is 0 Å². The molecule has 0 amide bonds. The van der Waals surface area contributed by atoms with Gasteiger partial charge in [0.1, 0.15) is 0 Å². The number of nitrogen functional groups attached to an aromatic ring is 1. The number of hydrogen-bond donors (Lipinski definition) is 1. The van der Waals surface area contributed by atoms with Gasteiger partial charge in [-0.05, 0) is 37.6 Å². The zero-order valence-corrected chi connectivity index (χ0v) is 8.91. The van der Waals surface area contributed by atoms with E-state index in [1.54, 1.807) is 7.05 Å². The fraction of sp³-hybridized carbons (Fsp3) is 0.250. The van der Waals surface area contributed by atoms with Crippen molar-refractivity contribution < 1.29 is 0 Å². The number of hydrogen-bond acceptors (Lipinski definition) is 2. The first-order valence-electron chi connectivity index (χ1n) is 4.65. The molecule has 0 saturated carbocycles. The highest BCUT2D eigenvalue weighted by molar-refractivity contribution is 6.10. The van der Waals surface area contributed by atoms with Crippen LogP contribution < -0.4 is 5.73 Å². The largest absolute Gasteiger partial charge is 0.399 e. The second kappa shape index (κ2) is 4.61. The Kier molecular flexibility index (Phi) is 3.46. The van der Waals surface area contributed by atoms with Crippen molar-refractivity contribution in [2.24, 2.45) is 4.99 Å². The van der Waals surface area contributed by atoms with Gasteiger partial charge < -0.3 is 5.73 Å². The highest BCUT2D eigenvalue weighted by atomic mass is 14.7. The van der Waals surface area contributed by atoms with Gasteiger partial charge in [0.05, 0.1) is 5.71 Å². The van der Waals surface area contributed by atoms with E-state index in [1.165, 1.54) is 5.56 Å². The molecule has 0 unspecified atom stereocenters. The Balaban J connectivity index is 3.22. The lowest BCUT2D eigenvalue weighted by atomic mass is 10.0. The van der Waals surface area contributed by atoms with Gasteiger partial charge in [0.25, 0.3) is 0 Å².